The first kappa shape index (κ1) is 13.6. The fourth-order valence-corrected chi connectivity index (χ4v) is 2.71. The highest BCUT2D eigenvalue weighted by Crippen LogP contribution is 2.33. The number of hydrogen-bond donors (Lipinski definition) is 1. The second kappa shape index (κ2) is 4.90. The number of carbonyl (C=O) groups is 1. The number of fused-ring (bicyclic) bond motifs is 1. The lowest BCUT2D eigenvalue weighted by Gasteiger charge is -2.08. The summed E-state index contributed by atoms with van der Waals surface area (Å²) in [5, 5.41) is 10.3. The summed E-state index contributed by atoms with van der Waals surface area (Å²) in [5.74, 6) is -1.45. The van der Waals surface area contributed by atoms with E-state index in [1.807, 2.05) is 0 Å². The van der Waals surface area contributed by atoms with Gasteiger partial charge in [-0.1, -0.05) is 29.8 Å². The average molecular weight is 304 g/mol. The van der Waals surface area contributed by atoms with E-state index in [2.05, 4.69) is 0 Å². The molecule has 1 N–H and O–H groups in total. The van der Waals surface area contributed by atoms with Gasteiger partial charge in [0.25, 0.3) is 0 Å². The number of halogens is 2. The van der Waals surface area contributed by atoms with E-state index in [1.165, 1.54) is 6.07 Å². The normalized spacial score (nSPS) is 11.0. The van der Waals surface area contributed by atoms with Crippen molar-refractivity contribution in [2.24, 2.45) is 7.05 Å². The second-order valence-corrected chi connectivity index (χ2v) is 5.20. The molecule has 5 heteroatoms. The number of aryl methyl sites for hydroxylation is 1. The van der Waals surface area contributed by atoms with Gasteiger partial charge in [0, 0.05) is 28.6 Å². The smallest absolute Gasteiger partial charge is 0.352 e. The molecule has 2 aromatic carbocycles. The molecule has 0 radical (unpaired) electrons. The summed E-state index contributed by atoms with van der Waals surface area (Å²) in [6.45, 7) is 0. The van der Waals surface area contributed by atoms with Crippen LogP contribution in [-0.4, -0.2) is 15.6 Å². The summed E-state index contributed by atoms with van der Waals surface area (Å²) < 4.78 is 15.7. The number of aromatic carboxylic acids is 1. The zero-order valence-electron chi connectivity index (χ0n) is 11.1. The number of para-hydroxylation sites is 1. The molecule has 21 heavy (non-hydrogen) atoms. The van der Waals surface area contributed by atoms with Crippen molar-refractivity contribution in [2.45, 2.75) is 0 Å². The van der Waals surface area contributed by atoms with Crippen molar-refractivity contribution in [1.29, 1.82) is 0 Å². The van der Waals surface area contributed by atoms with Gasteiger partial charge in [0.05, 0.1) is 5.52 Å². The molecule has 1 heterocycles. The van der Waals surface area contributed by atoms with Crippen LogP contribution in [0, 0.1) is 5.82 Å². The maximum absolute atomic E-state index is 14.2. The van der Waals surface area contributed by atoms with Crippen molar-refractivity contribution < 1.29 is 14.3 Å². The van der Waals surface area contributed by atoms with Crippen molar-refractivity contribution in [3.05, 3.63) is 59.0 Å². The van der Waals surface area contributed by atoms with E-state index >= 15 is 0 Å². The number of aromatic nitrogens is 1. The van der Waals surface area contributed by atoms with Crippen LogP contribution in [-0.2, 0) is 7.05 Å². The summed E-state index contributed by atoms with van der Waals surface area (Å²) in [5.41, 5.74) is 1.86. The predicted octanol–water partition coefficient (Wildman–Crippen LogP) is 4.34. The molecule has 3 aromatic rings. The topological polar surface area (TPSA) is 42.2 Å². The van der Waals surface area contributed by atoms with Gasteiger partial charge in [-0.2, -0.15) is 0 Å². The van der Waals surface area contributed by atoms with Crippen molar-refractivity contribution in [1.82, 2.24) is 4.57 Å². The summed E-state index contributed by atoms with van der Waals surface area (Å²) in [6.07, 6.45) is 0. The lowest BCUT2D eigenvalue weighted by molar-refractivity contribution is 0.0687. The van der Waals surface area contributed by atoms with Gasteiger partial charge in [0.2, 0.25) is 0 Å². The number of rotatable bonds is 2. The molecule has 0 aliphatic carbocycles. The van der Waals surface area contributed by atoms with Crippen molar-refractivity contribution >= 4 is 28.5 Å². The monoisotopic (exact) mass is 303 g/mol. The van der Waals surface area contributed by atoms with Crippen LogP contribution in [0.25, 0.3) is 22.0 Å². The van der Waals surface area contributed by atoms with Crippen LogP contribution in [0.3, 0.4) is 0 Å². The Labute approximate surface area is 125 Å². The van der Waals surface area contributed by atoms with Crippen molar-refractivity contribution in [3.63, 3.8) is 0 Å². The Morgan fingerprint density at radius 2 is 1.95 bits per heavy atom. The maximum Gasteiger partial charge on any atom is 0.352 e. The Kier molecular flexibility index (Phi) is 3.18. The highest BCUT2D eigenvalue weighted by atomic mass is 35.5. The third-order valence-electron chi connectivity index (χ3n) is 3.50. The lowest BCUT2D eigenvalue weighted by Crippen LogP contribution is -2.04. The summed E-state index contributed by atoms with van der Waals surface area (Å²) in [7, 11) is 1.66. The fraction of sp³-hybridized carbons (Fsp3) is 0.0625. The lowest BCUT2D eigenvalue weighted by atomic mass is 10.0. The quantitative estimate of drug-likeness (QED) is 0.765. The van der Waals surface area contributed by atoms with Gasteiger partial charge in [0.15, 0.2) is 0 Å². The molecule has 0 saturated heterocycles. The molecule has 0 saturated carbocycles. The minimum Gasteiger partial charge on any atom is -0.477 e. The number of carboxylic acids is 1. The van der Waals surface area contributed by atoms with Gasteiger partial charge in [-0.05, 0) is 24.3 Å². The predicted molar refractivity (Wildman–Crippen MR) is 80.3 cm³/mol. The van der Waals surface area contributed by atoms with Crippen LogP contribution in [0.2, 0.25) is 5.02 Å². The number of carboxylic acid groups (broad SMARTS) is 1. The highest BCUT2D eigenvalue weighted by molar-refractivity contribution is 6.30. The van der Waals surface area contributed by atoms with Gasteiger partial charge >= 0.3 is 5.97 Å². The first-order valence-corrected chi connectivity index (χ1v) is 6.64. The molecular formula is C16H11ClFNO2. The maximum atomic E-state index is 14.2. The van der Waals surface area contributed by atoms with Gasteiger partial charge < -0.3 is 9.67 Å². The van der Waals surface area contributed by atoms with Gasteiger partial charge in [-0.15, -0.1) is 0 Å². The van der Waals surface area contributed by atoms with Crippen LogP contribution in [0.4, 0.5) is 4.39 Å². The van der Waals surface area contributed by atoms with E-state index in [4.69, 9.17) is 11.6 Å². The molecule has 0 bridgehead atoms. The van der Waals surface area contributed by atoms with Crippen LogP contribution >= 0.6 is 11.6 Å². The highest BCUT2D eigenvalue weighted by Gasteiger charge is 2.16. The van der Waals surface area contributed by atoms with Gasteiger partial charge in [-0.25, -0.2) is 9.18 Å². The Morgan fingerprint density at radius 3 is 2.62 bits per heavy atom. The molecule has 0 atom stereocenters. The minimum absolute atomic E-state index is 0.159. The molecule has 0 aliphatic rings. The molecule has 3 nitrogen and oxygen atoms in total. The SMILES string of the molecule is Cn1c(C(=O)O)cc2cccc(-c3ccc(Cl)cc3F)c21. The number of hydrogen-bond acceptors (Lipinski definition) is 1. The first-order valence-electron chi connectivity index (χ1n) is 6.26. The Hall–Kier alpha value is -2.33. The van der Waals surface area contributed by atoms with Crippen LogP contribution < -0.4 is 0 Å². The Bertz CT molecular complexity index is 870. The average Bonchev–Trinajstić information content (AvgIpc) is 2.77. The molecule has 0 unspecified atom stereocenters. The van der Waals surface area contributed by atoms with E-state index in [9.17, 15) is 14.3 Å². The molecule has 0 amide bonds. The molecule has 106 valence electrons. The van der Waals surface area contributed by atoms with E-state index in [0.717, 1.165) is 5.39 Å². The van der Waals surface area contributed by atoms with Crippen molar-refractivity contribution in [3.8, 4) is 11.1 Å². The molecule has 0 fully saturated rings. The third kappa shape index (κ3) is 2.17. The summed E-state index contributed by atoms with van der Waals surface area (Å²) in [4.78, 5) is 11.2. The van der Waals surface area contributed by atoms with E-state index < -0.39 is 11.8 Å². The Morgan fingerprint density at radius 1 is 1.19 bits per heavy atom. The van der Waals surface area contributed by atoms with Crippen LogP contribution in [0.5, 0.6) is 0 Å². The van der Waals surface area contributed by atoms with Gasteiger partial charge in [0.1, 0.15) is 11.5 Å². The molecule has 3 rings (SSSR count). The molecular weight excluding hydrogens is 293 g/mol. The number of benzene rings is 2. The van der Waals surface area contributed by atoms with Crippen LogP contribution in [0.1, 0.15) is 10.5 Å². The number of nitrogens with zero attached hydrogens (tertiary/aromatic N) is 1. The molecule has 0 aliphatic heterocycles. The Balaban J connectivity index is 2.35. The van der Waals surface area contributed by atoms with Gasteiger partial charge in [-0.3, -0.25) is 0 Å². The first-order chi connectivity index (χ1) is 9.99. The zero-order valence-corrected chi connectivity index (χ0v) is 11.9. The zero-order chi connectivity index (χ0) is 15.1. The molecule has 0 spiro atoms. The minimum atomic E-state index is -1.02. The summed E-state index contributed by atoms with van der Waals surface area (Å²) in [6, 6.07) is 11.4. The molecule has 1 aromatic heterocycles. The van der Waals surface area contributed by atoms with E-state index in [-0.39, 0.29) is 5.69 Å². The van der Waals surface area contributed by atoms with Crippen LogP contribution in [0.15, 0.2) is 42.5 Å². The van der Waals surface area contributed by atoms with E-state index in [1.54, 1.807) is 48.0 Å². The summed E-state index contributed by atoms with van der Waals surface area (Å²) >= 11 is 5.78. The third-order valence-corrected chi connectivity index (χ3v) is 3.73. The fourth-order valence-electron chi connectivity index (χ4n) is 2.55. The van der Waals surface area contributed by atoms with Crippen molar-refractivity contribution in [2.75, 3.05) is 0 Å². The standard InChI is InChI=1S/C16H11ClFNO2/c1-19-14(16(20)21)7-9-3-2-4-12(15(9)19)11-6-5-10(17)8-13(11)18/h2-8H,1H3,(H,20,21). The van der Waals surface area contributed by atoms with E-state index in [0.29, 0.717) is 21.7 Å². The second-order valence-electron chi connectivity index (χ2n) is 4.76. The largest absolute Gasteiger partial charge is 0.477 e.